The number of nitrogens with one attached hydrogen (secondary N) is 1. The van der Waals surface area contributed by atoms with Crippen molar-refractivity contribution in [3.8, 4) is 0 Å². The van der Waals surface area contributed by atoms with Crippen LogP contribution >= 0.6 is 11.6 Å². The van der Waals surface area contributed by atoms with Crippen LogP contribution < -0.4 is 9.62 Å². The molecule has 1 N–H and O–H groups in total. The van der Waals surface area contributed by atoms with Gasteiger partial charge in [-0.3, -0.25) is 0 Å². The van der Waals surface area contributed by atoms with Gasteiger partial charge in [-0.1, -0.05) is 11.6 Å². The van der Waals surface area contributed by atoms with Gasteiger partial charge in [0.15, 0.2) is 11.6 Å². The van der Waals surface area contributed by atoms with E-state index in [1.54, 1.807) is 18.2 Å². The van der Waals surface area contributed by atoms with E-state index in [1.165, 1.54) is 0 Å². The number of sulfonamides is 1. The zero-order valence-corrected chi connectivity index (χ0v) is 16.8. The van der Waals surface area contributed by atoms with Crippen LogP contribution in [-0.2, 0) is 16.6 Å². The molecule has 3 aromatic rings. The summed E-state index contributed by atoms with van der Waals surface area (Å²) in [5, 5.41) is 1.36. The molecule has 1 aromatic heterocycles. The molecule has 0 bridgehead atoms. The van der Waals surface area contributed by atoms with E-state index in [4.69, 9.17) is 11.6 Å². The summed E-state index contributed by atoms with van der Waals surface area (Å²) in [5.41, 5.74) is 0.647. The molecule has 152 valence electrons. The maximum atomic E-state index is 13.4. The third kappa shape index (κ3) is 4.17. The van der Waals surface area contributed by atoms with Crippen LogP contribution in [0.1, 0.15) is 18.7 Å². The van der Waals surface area contributed by atoms with Gasteiger partial charge in [-0.2, -0.15) is 0 Å². The first-order valence-corrected chi connectivity index (χ1v) is 10.9. The summed E-state index contributed by atoms with van der Waals surface area (Å²) in [6.45, 7) is 1.50. The number of fused-ring (bicyclic) bond motifs is 1. The molecule has 2 heterocycles. The van der Waals surface area contributed by atoms with Gasteiger partial charge in [0.1, 0.15) is 11.6 Å². The standard InChI is InChI=1S/C19H17ClF2N4O2S/c20-12-3-6-17-14(9-12)19(26-7-1-2-8-26)25-18(24-17)11-23-29(27,28)13-4-5-15(21)16(22)10-13/h3-6,9-10,23H,1-2,7-8,11H2. The normalized spacial score (nSPS) is 14.7. The molecule has 0 aliphatic carbocycles. The highest BCUT2D eigenvalue weighted by molar-refractivity contribution is 7.89. The van der Waals surface area contributed by atoms with E-state index in [0.717, 1.165) is 43.5 Å². The summed E-state index contributed by atoms with van der Waals surface area (Å²) in [4.78, 5) is 10.7. The second-order valence-corrected chi connectivity index (χ2v) is 8.92. The summed E-state index contributed by atoms with van der Waals surface area (Å²) < 4.78 is 53.7. The number of hydrogen-bond acceptors (Lipinski definition) is 5. The van der Waals surface area contributed by atoms with Gasteiger partial charge in [0.25, 0.3) is 0 Å². The zero-order chi connectivity index (χ0) is 20.6. The van der Waals surface area contributed by atoms with Crippen LogP contribution in [0.15, 0.2) is 41.3 Å². The average Bonchev–Trinajstić information content (AvgIpc) is 3.22. The van der Waals surface area contributed by atoms with Crippen molar-refractivity contribution < 1.29 is 17.2 Å². The minimum absolute atomic E-state index is 0.194. The molecule has 29 heavy (non-hydrogen) atoms. The molecule has 0 radical (unpaired) electrons. The first-order valence-electron chi connectivity index (χ1n) is 8.99. The Bertz CT molecular complexity index is 1180. The van der Waals surface area contributed by atoms with E-state index in [0.29, 0.717) is 22.4 Å². The highest BCUT2D eigenvalue weighted by atomic mass is 35.5. The molecule has 0 unspecified atom stereocenters. The molecule has 6 nitrogen and oxygen atoms in total. The molecule has 0 amide bonds. The summed E-state index contributed by atoms with van der Waals surface area (Å²) in [5.74, 6) is -1.37. The fourth-order valence-corrected chi connectivity index (χ4v) is 4.43. The topological polar surface area (TPSA) is 75.2 Å². The van der Waals surface area contributed by atoms with Gasteiger partial charge in [0.2, 0.25) is 10.0 Å². The fraction of sp³-hybridized carbons (Fsp3) is 0.263. The number of aromatic nitrogens is 2. The number of benzene rings is 2. The molecular formula is C19H17ClF2N4O2S. The van der Waals surface area contributed by atoms with E-state index >= 15 is 0 Å². The number of hydrogen-bond donors (Lipinski definition) is 1. The summed E-state index contributed by atoms with van der Waals surface area (Å²) in [7, 11) is -4.06. The molecular weight excluding hydrogens is 422 g/mol. The van der Waals surface area contributed by atoms with E-state index in [1.807, 2.05) is 0 Å². The van der Waals surface area contributed by atoms with Crippen molar-refractivity contribution in [2.45, 2.75) is 24.3 Å². The van der Waals surface area contributed by atoms with Gasteiger partial charge in [0, 0.05) is 23.5 Å². The molecule has 10 heteroatoms. The molecule has 1 aliphatic heterocycles. The molecule has 1 aliphatic rings. The van der Waals surface area contributed by atoms with Crippen LogP contribution in [0.5, 0.6) is 0 Å². The Morgan fingerprint density at radius 1 is 1.03 bits per heavy atom. The van der Waals surface area contributed by atoms with E-state index in [2.05, 4.69) is 19.6 Å². The van der Waals surface area contributed by atoms with Crippen molar-refractivity contribution in [1.82, 2.24) is 14.7 Å². The average molecular weight is 439 g/mol. The van der Waals surface area contributed by atoms with Gasteiger partial charge >= 0.3 is 0 Å². The van der Waals surface area contributed by atoms with Crippen molar-refractivity contribution in [1.29, 1.82) is 0 Å². The van der Waals surface area contributed by atoms with Crippen molar-refractivity contribution in [2.24, 2.45) is 0 Å². The Kier molecular flexibility index (Phi) is 5.37. The number of halogens is 3. The van der Waals surface area contributed by atoms with Crippen molar-refractivity contribution in [3.63, 3.8) is 0 Å². The van der Waals surface area contributed by atoms with Crippen LogP contribution in [-0.4, -0.2) is 31.5 Å². The summed E-state index contributed by atoms with van der Waals surface area (Å²) in [6, 6.07) is 7.66. The Morgan fingerprint density at radius 3 is 2.52 bits per heavy atom. The van der Waals surface area contributed by atoms with Crippen LogP contribution in [0.2, 0.25) is 5.02 Å². The number of nitrogens with zero attached hydrogens (tertiary/aromatic N) is 3. The molecule has 2 aromatic carbocycles. The van der Waals surface area contributed by atoms with Crippen LogP contribution in [0.4, 0.5) is 14.6 Å². The molecule has 0 saturated carbocycles. The predicted molar refractivity (Wildman–Crippen MR) is 106 cm³/mol. The third-order valence-electron chi connectivity index (χ3n) is 4.71. The molecule has 0 atom stereocenters. The van der Waals surface area contributed by atoms with Crippen molar-refractivity contribution in [2.75, 3.05) is 18.0 Å². The van der Waals surface area contributed by atoms with Crippen LogP contribution in [0.3, 0.4) is 0 Å². The van der Waals surface area contributed by atoms with Gasteiger partial charge < -0.3 is 4.90 Å². The van der Waals surface area contributed by atoms with E-state index in [9.17, 15) is 17.2 Å². The summed E-state index contributed by atoms with van der Waals surface area (Å²) >= 11 is 6.13. The lowest BCUT2D eigenvalue weighted by Gasteiger charge is -2.19. The van der Waals surface area contributed by atoms with Gasteiger partial charge in [0.05, 0.1) is 17.0 Å². The van der Waals surface area contributed by atoms with Crippen LogP contribution in [0, 0.1) is 11.6 Å². The molecule has 4 rings (SSSR count). The highest BCUT2D eigenvalue weighted by Gasteiger charge is 2.20. The maximum absolute atomic E-state index is 13.4. The lowest BCUT2D eigenvalue weighted by molar-refractivity contribution is 0.504. The third-order valence-corrected chi connectivity index (χ3v) is 6.35. The smallest absolute Gasteiger partial charge is 0.241 e. The molecule has 1 saturated heterocycles. The maximum Gasteiger partial charge on any atom is 0.241 e. The molecule has 1 fully saturated rings. The zero-order valence-electron chi connectivity index (χ0n) is 15.2. The Hall–Kier alpha value is -2.36. The lowest BCUT2D eigenvalue weighted by atomic mass is 10.2. The Morgan fingerprint density at radius 2 is 1.79 bits per heavy atom. The van der Waals surface area contributed by atoms with Crippen molar-refractivity contribution >= 4 is 38.3 Å². The largest absolute Gasteiger partial charge is 0.356 e. The number of anilines is 1. The van der Waals surface area contributed by atoms with Gasteiger partial charge in [-0.15, -0.1) is 0 Å². The summed E-state index contributed by atoms with van der Waals surface area (Å²) in [6.07, 6.45) is 2.09. The quantitative estimate of drug-likeness (QED) is 0.658. The fourth-order valence-electron chi connectivity index (χ4n) is 3.27. The molecule has 0 spiro atoms. The predicted octanol–water partition coefficient (Wildman–Crippen LogP) is 3.64. The van der Waals surface area contributed by atoms with Gasteiger partial charge in [-0.05, 0) is 49.2 Å². The van der Waals surface area contributed by atoms with Crippen molar-refractivity contribution in [3.05, 3.63) is 58.9 Å². The van der Waals surface area contributed by atoms with Crippen LogP contribution in [0.25, 0.3) is 10.9 Å². The highest BCUT2D eigenvalue weighted by Crippen LogP contribution is 2.29. The Balaban J connectivity index is 1.65. The minimum atomic E-state index is -4.06. The van der Waals surface area contributed by atoms with E-state index < -0.39 is 21.7 Å². The first-order chi connectivity index (χ1) is 13.8. The van der Waals surface area contributed by atoms with E-state index in [-0.39, 0.29) is 17.3 Å². The SMILES string of the molecule is O=S(=O)(NCc1nc(N2CCCC2)c2cc(Cl)ccc2n1)c1ccc(F)c(F)c1. The Labute approximate surface area is 171 Å². The lowest BCUT2D eigenvalue weighted by Crippen LogP contribution is -2.26. The monoisotopic (exact) mass is 438 g/mol. The number of rotatable bonds is 5. The second kappa shape index (κ2) is 7.81. The first kappa shape index (κ1) is 19.9. The second-order valence-electron chi connectivity index (χ2n) is 6.72. The van der Waals surface area contributed by atoms with Gasteiger partial charge in [-0.25, -0.2) is 31.9 Å². The minimum Gasteiger partial charge on any atom is -0.356 e.